The Morgan fingerprint density at radius 2 is 2.24 bits per heavy atom. The van der Waals surface area contributed by atoms with Crippen LogP contribution in [0.15, 0.2) is 23.7 Å². The minimum absolute atomic E-state index is 0.122. The SMILES string of the molecule is COc1ccc(CN2CCC(NC(=O)Nc3nncs3)CC2)cc1F. The van der Waals surface area contributed by atoms with Crippen molar-refractivity contribution in [1.82, 2.24) is 20.4 Å². The van der Waals surface area contributed by atoms with Crippen LogP contribution < -0.4 is 15.4 Å². The van der Waals surface area contributed by atoms with Gasteiger partial charge in [0.05, 0.1) is 7.11 Å². The summed E-state index contributed by atoms with van der Waals surface area (Å²) in [6.45, 7) is 2.37. The van der Waals surface area contributed by atoms with Gasteiger partial charge < -0.3 is 10.1 Å². The largest absolute Gasteiger partial charge is 0.494 e. The van der Waals surface area contributed by atoms with Crippen LogP contribution in [0.25, 0.3) is 0 Å². The van der Waals surface area contributed by atoms with E-state index in [0.29, 0.717) is 11.7 Å². The summed E-state index contributed by atoms with van der Waals surface area (Å²) in [6.07, 6.45) is 1.70. The summed E-state index contributed by atoms with van der Waals surface area (Å²) < 4.78 is 18.7. The maximum absolute atomic E-state index is 13.8. The topological polar surface area (TPSA) is 79.4 Å². The zero-order chi connectivity index (χ0) is 17.6. The Morgan fingerprint density at radius 3 is 2.88 bits per heavy atom. The molecule has 134 valence electrons. The van der Waals surface area contributed by atoms with E-state index in [1.807, 2.05) is 6.07 Å². The standard InChI is InChI=1S/C16H20FN5O2S/c1-24-14-3-2-11(8-13(14)17)9-22-6-4-12(5-7-22)19-15(23)20-16-21-18-10-25-16/h2-3,8,10,12H,4-7,9H2,1H3,(H2,19,20,21,23). The molecule has 0 spiro atoms. The quantitative estimate of drug-likeness (QED) is 0.851. The van der Waals surface area contributed by atoms with E-state index in [9.17, 15) is 9.18 Å². The van der Waals surface area contributed by atoms with Crippen molar-refractivity contribution in [3.63, 3.8) is 0 Å². The molecule has 0 bridgehead atoms. The molecule has 7 nitrogen and oxygen atoms in total. The Morgan fingerprint density at radius 1 is 1.44 bits per heavy atom. The lowest BCUT2D eigenvalue weighted by Crippen LogP contribution is -2.45. The number of likely N-dealkylation sites (tertiary alicyclic amines) is 1. The van der Waals surface area contributed by atoms with E-state index in [-0.39, 0.29) is 23.6 Å². The van der Waals surface area contributed by atoms with Gasteiger partial charge in [0.15, 0.2) is 11.6 Å². The number of urea groups is 1. The van der Waals surface area contributed by atoms with Gasteiger partial charge in [-0.3, -0.25) is 10.2 Å². The van der Waals surface area contributed by atoms with Gasteiger partial charge in [-0.05, 0) is 30.5 Å². The lowest BCUT2D eigenvalue weighted by molar-refractivity contribution is 0.189. The molecule has 0 radical (unpaired) electrons. The molecular formula is C16H20FN5O2S. The Labute approximate surface area is 149 Å². The van der Waals surface area contributed by atoms with E-state index < -0.39 is 0 Å². The molecule has 2 amide bonds. The summed E-state index contributed by atoms with van der Waals surface area (Å²) in [6, 6.07) is 4.90. The van der Waals surface area contributed by atoms with E-state index in [0.717, 1.165) is 31.5 Å². The maximum atomic E-state index is 13.8. The fourth-order valence-corrected chi connectivity index (χ4v) is 3.29. The van der Waals surface area contributed by atoms with Gasteiger partial charge in [0.1, 0.15) is 5.51 Å². The lowest BCUT2D eigenvalue weighted by atomic mass is 10.0. The Kier molecular flexibility index (Phi) is 5.77. The van der Waals surface area contributed by atoms with Crippen LogP contribution in [0.2, 0.25) is 0 Å². The second-order valence-electron chi connectivity index (χ2n) is 5.86. The zero-order valence-corrected chi connectivity index (χ0v) is 14.7. The van der Waals surface area contributed by atoms with Crippen LogP contribution in [0.3, 0.4) is 0 Å². The number of hydrogen-bond donors (Lipinski definition) is 2. The van der Waals surface area contributed by atoms with E-state index in [1.165, 1.54) is 24.5 Å². The Bertz CT molecular complexity index is 705. The van der Waals surface area contributed by atoms with Crippen molar-refractivity contribution >= 4 is 22.5 Å². The molecule has 9 heteroatoms. The van der Waals surface area contributed by atoms with Gasteiger partial charge in [0, 0.05) is 25.7 Å². The summed E-state index contributed by atoms with van der Waals surface area (Å²) in [7, 11) is 1.46. The number of aromatic nitrogens is 2. The summed E-state index contributed by atoms with van der Waals surface area (Å²) in [4.78, 5) is 14.2. The first-order chi connectivity index (χ1) is 12.1. The molecule has 2 aromatic rings. The van der Waals surface area contributed by atoms with Crippen LogP contribution >= 0.6 is 11.3 Å². The first-order valence-corrected chi connectivity index (χ1v) is 8.90. The molecule has 2 heterocycles. The van der Waals surface area contributed by atoms with E-state index in [4.69, 9.17) is 4.74 Å². The van der Waals surface area contributed by atoms with Crippen molar-refractivity contribution in [3.8, 4) is 5.75 Å². The van der Waals surface area contributed by atoms with Crippen LogP contribution in [0.1, 0.15) is 18.4 Å². The minimum Gasteiger partial charge on any atom is -0.494 e. The highest BCUT2D eigenvalue weighted by atomic mass is 32.1. The summed E-state index contributed by atoms with van der Waals surface area (Å²) in [5.74, 6) is -0.0852. The number of nitrogens with zero attached hydrogens (tertiary/aromatic N) is 3. The second kappa shape index (κ2) is 8.21. The number of ether oxygens (including phenoxy) is 1. The van der Waals surface area contributed by atoms with Crippen molar-refractivity contribution in [2.45, 2.75) is 25.4 Å². The molecule has 1 fully saturated rings. The normalized spacial score (nSPS) is 15.8. The van der Waals surface area contributed by atoms with Gasteiger partial charge in [0.25, 0.3) is 0 Å². The van der Waals surface area contributed by atoms with Gasteiger partial charge in [-0.15, -0.1) is 10.2 Å². The summed E-state index contributed by atoms with van der Waals surface area (Å²) in [5, 5.41) is 13.5. The minimum atomic E-state index is -0.343. The molecular weight excluding hydrogens is 345 g/mol. The molecule has 1 saturated heterocycles. The number of piperidine rings is 1. The third kappa shape index (κ3) is 4.86. The molecule has 2 N–H and O–H groups in total. The summed E-state index contributed by atoms with van der Waals surface area (Å²) in [5.41, 5.74) is 2.48. The fraction of sp³-hybridized carbons (Fsp3) is 0.438. The van der Waals surface area contributed by atoms with Gasteiger partial charge in [-0.25, -0.2) is 9.18 Å². The van der Waals surface area contributed by atoms with E-state index in [1.54, 1.807) is 11.6 Å². The lowest BCUT2D eigenvalue weighted by Gasteiger charge is -2.32. The van der Waals surface area contributed by atoms with Crippen molar-refractivity contribution in [1.29, 1.82) is 0 Å². The van der Waals surface area contributed by atoms with Crippen molar-refractivity contribution < 1.29 is 13.9 Å². The van der Waals surface area contributed by atoms with Crippen LogP contribution in [-0.4, -0.2) is 47.4 Å². The maximum Gasteiger partial charge on any atom is 0.321 e. The number of amides is 2. The number of hydrogen-bond acceptors (Lipinski definition) is 6. The third-order valence-electron chi connectivity index (χ3n) is 4.13. The van der Waals surface area contributed by atoms with Gasteiger partial charge >= 0.3 is 6.03 Å². The molecule has 0 atom stereocenters. The smallest absolute Gasteiger partial charge is 0.321 e. The molecule has 3 rings (SSSR count). The van der Waals surface area contributed by atoms with Gasteiger partial charge in [-0.1, -0.05) is 17.4 Å². The molecule has 1 aromatic heterocycles. The first-order valence-electron chi connectivity index (χ1n) is 8.02. The van der Waals surface area contributed by atoms with Gasteiger partial charge in [0.2, 0.25) is 5.13 Å². The molecule has 0 saturated carbocycles. The number of benzene rings is 1. The molecule has 1 aromatic carbocycles. The first kappa shape index (κ1) is 17.6. The van der Waals surface area contributed by atoms with Crippen molar-refractivity contribution in [2.24, 2.45) is 0 Å². The van der Waals surface area contributed by atoms with Crippen LogP contribution in [0.5, 0.6) is 5.75 Å². The highest BCUT2D eigenvalue weighted by Crippen LogP contribution is 2.20. The number of rotatable bonds is 5. The second-order valence-corrected chi connectivity index (χ2v) is 6.69. The van der Waals surface area contributed by atoms with Crippen LogP contribution in [0.4, 0.5) is 14.3 Å². The van der Waals surface area contributed by atoms with Crippen LogP contribution in [-0.2, 0) is 6.54 Å². The molecule has 1 aliphatic heterocycles. The number of anilines is 1. The Hall–Kier alpha value is -2.26. The number of carbonyl (C=O) groups is 1. The van der Waals surface area contributed by atoms with E-state index >= 15 is 0 Å². The number of carbonyl (C=O) groups excluding carboxylic acids is 1. The van der Waals surface area contributed by atoms with Gasteiger partial charge in [-0.2, -0.15) is 0 Å². The fourth-order valence-electron chi connectivity index (χ4n) is 2.85. The highest BCUT2D eigenvalue weighted by molar-refractivity contribution is 7.13. The monoisotopic (exact) mass is 365 g/mol. The van der Waals surface area contributed by atoms with Crippen LogP contribution in [0, 0.1) is 5.82 Å². The zero-order valence-electron chi connectivity index (χ0n) is 13.9. The predicted molar refractivity (Wildman–Crippen MR) is 93.3 cm³/mol. The number of nitrogens with one attached hydrogen (secondary N) is 2. The number of methoxy groups -OCH3 is 1. The predicted octanol–water partition coefficient (Wildman–Crippen LogP) is 2.47. The number of halogens is 1. The molecule has 25 heavy (non-hydrogen) atoms. The molecule has 0 aliphatic carbocycles. The average molecular weight is 365 g/mol. The highest BCUT2D eigenvalue weighted by Gasteiger charge is 2.21. The Balaban J connectivity index is 1.44. The average Bonchev–Trinajstić information content (AvgIpc) is 3.10. The van der Waals surface area contributed by atoms with Crippen molar-refractivity contribution in [3.05, 3.63) is 35.1 Å². The summed E-state index contributed by atoms with van der Waals surface area (Å²) >= 11 is 1.28. The molecule has 0 unspecified atom stereocenters. The third-order valence-corrected chi connectivity index (χ3v) is 4.73. The molecule has 1 aliphatic rings. The van der Waals surface area contributed by atoms with E-state index in [2.05, 4.69) is 25.7 Å². The van der Waals surface area contributed by atoms with Crippen molar-refractivity contribution in [2.75, 3.05) is 25.5 Å².